The maximum Gasteiger partial charge on any atom is 0.288 e. The van der Waals surface area contributed by atoms with Crippen molar-refractivity contribution in [2.24, 2.45) is 10.2 Å². The molecule has 3 aromatic rings. The predicted molar refractivity (Wildman–Crippen MR) is 109 cm³/mol. The smallest absolute Gasteiger partial charge is 0.288 e. The van der Waals surface area contributed by atoms with Crippen LogP contribution in [0.1, 0.15) is 41.9 Å². The molecule has 3 rings (SSSR count). The highest BCUT2D eigenvalue weighted by molar-refractivity contribution is 7.12. The summed E-state index contributed by atoms with van der Waals surface area (Å²) in [4.78, 5) is 29.6. The Labute approximate surface area is 163 Å². The molecule has 0 aliphatic carbocycles. The lowest BCUT2D eigenvalue weighted by atomic mass is 10.1. The summed E-state index contributed by atoms with van der Waals surface area (Å²) in [6.07, 6.45) is 3.15. The Kier molecular flexibility index (Phi) is 5.94. The van der Waals surface area contributed by atoms with Gasteiger partial charge >= 0.3 is 0 Å². The van der Waals surface area contributed by atoms with Crippen LogP contribution < -0.4 is 10.9 Å². The first-order chi connectivity index (χ1) is 13.1. The fourth-order valence-electron chi connectivity index (χ4n) is 2.47. The van der Waals surface area contributed by atoms with Gasteiger partial charge < -0.3 is 4.98 Å². The summed E-state index contributed by atoms with van der Waals surface area (Å²) in [5.74, 6) is -0.792. The van der Waals surface area contributed by atoms with Crippen molar-refractivity contribution < 1.29 is 9.59 Å². The van der Waals surface area contributed by atoms with Crippen LogP contribution in [-0.4, -0.2) is 29.2 Å². The van der Waals surface area contributed by atoms with Crippen molar-refractivity contribution in [3.63, 3.8) is 0 Å². The highest BCUT2D eigenvalue weighted by atomic mass is 32.1. The molecule has 3 aromatic heterocycles. The van der Waals surface area contributed by atoms with Gasteiger partial charge in [-0.15, -0.1) is 22.7 Å². The number of aryl methyl sites for hydroxylation is 1. The van der Waals surface area contributed by atoms with Crippen LogP contribution in [0.3, 0.4) is 0 Å². The van der Waals surface area contributed by atoms with Gasteiger partial charge in [-0.3, -0.25) is 9.59 Å². The molecule has 27 heavy (non-hydrogen) atoms. The lowest BCUT2D eigenvalue weighted by Gasteiger charge is -2.01. The van der Waals surface area contributed by atoms with Gasteiger partial charge in [-0.2, -0.15) is 10.2 Å². The molecule has 0 unspecified atom stereocenters. The molecule has 3 N–H and O–H groups in total. The zero-order valence-corrected chi connectivity index (χ0v) is 16.3. The topological polar surface area (TPSA) is 98.7 Å². The average molecular weight is 400 g/mol. The molecule has 0 fully saturated rings. The van der Waals surface area contributed by atoms with Gasteiger partial charge in [0.2, 0.25) is 0 Å². The molecular weight excluding hydrogens is 382 g/mol. The quantitative estimate of drug-likeness (QED) is 0.438. The van der Waals surface area contributed by atoms with Crippen LogP contribution in [0.4, 0.5) is 0 Å². The maximum atomic E-state index is 12.4. The highest BCUT2D eigenvalue weighted by Gasteiger charge is 2.21. The zero-order valence-electron chi connectivity index (χ0n) is 14.6. The number of thiophene rings is 2. The summed E-state index contributed by atoms with van der Waals surface area (Å²) in [6, 6.07) is 7.59. The average Bonchev–Trinajstić information content (AvgIpc) is 3.37. The number of rotatable bonds is 6. The molecule has 2 amide bonds. The minimum Gasteiger partial charge on any atom is -0.354 e. The van der Waals surface area contributed by atoms with Gasteiger partial charge in [-0.25, -0.2) is 10.9 Å². The number of nitrogens with zero attached hydrogens (tertiary/aromatic N) is 2. The number of amides is 2. The number of aromatic amines is 1. The molecule has 0 saturated heterocycles. The van der Waals surface area contributed by atoms with Crippen molar-refractivity contribution in [3.8, 4) is 0 Å². The Morgan fingerprint density at radius 3 is 2.04 bits per heavy atom. The summed E-state index contributed by atoms with van der Waals surface area (Å²) in [5, 5.41) is 11.7. The fourth-order valence-corrected chi connectivity index (χ4v) is 3.64. The Morgan fingerprint density at radius 1 is 0.963 bits per heavy atom. The van der Waals surface area contributed by atoms with Gasteiger partial charge in [0.25, 0.3) is 11.8 Å². The molecule has 0 aliphatic heterocycles. The van der Waals surface area contributed by atoms with Gasteiger partial charge in [0.1, 0.15) is 5.69 Å². The number of carbonyl (C=O) groups excluding carboxylic acids is 2. The van der Waals surface area contributed by atoms with Crippen LogP contribution in [0.2, 0.25) is 0 Å². The number of aromatic nitrogens is 1. The number of nitrogens with one attached hydrogen (secondary N) is 3. The SMILES string of the molecule is Cc1[nH]c(C(=O)N/N=C/c2cccs2)c(C)c1C(=O)N/N=C/c1cccs1. The Balaban J connectivity index is 1.67. The minimum absolute atomic E-state index is 0.295. The summed E-state index contributed by atoms with van der Waals surface area (Å²) in [6.45, 7) is 3.44. The van der Waals surface area contributed by atoms with Crippen molar-refractivity contribution in [3.05, 3.63) is 67.3 Å². The Morgan fingerprint density at radius 2 is 1.52 bits per heavy atom. The number of hydrogen-bond donors (Lipinski definition) is 3. The number of hydrogen-bond acceptors (Lipinski definition) is 6. The predicted octanol–water partition coefficient (Wildman–Crippen LogP) is 3.28. The third-order valence-corrected chi connectivity index (χ3v) is 5.31. The van der Waals surface area contributed by atoms with Crippen LogP contribution in [0.15, 0.2) is 45.2 Å². The largest absolute Gasteiger partial charge is 0.354 e. The zero-order chi connectivity index (χ0) is 19.2. The standard InChI is InChI=1S/C18H17N5O2S2/c1-11-15(17(24)22-19-9-13-5-3-7-26-13)12(2)21-16(11)18(25)23-20-10-14-6-4-8-27-14/h3-10,21H,1-2H3,(H,22,24)(H,23,25)/b19-9+,20-10+. The number of carbonyl (C=O) groups is 2. The number of hydrazone groups is 2. The van der Waals surface area contributed by atoms with E-state index >= 15 is 0 Å². The second-order valence-corrected chi connectivity index (χ2v) is 7.51. The maximum absolute atomic E-state index is 12.4. The fraction of sp³-hybridized carbons (Fsp3) is 0.111. The van der Waals surface area contributed by atoms with Crippen molar-refractivity contribution in [2.75, 3.05) is 0 Å². The van der Waals surface area contributed by atoms with Gasteiger partial charge in [-0.1, -0.05) is 12.1 Å². The first-order valence-corrected chi connectivity index (χ1v) is 9.75. The highest BCUT2D eigenvalue weighted by Crippen LogP contribution is 2.18. The van der Waals surface area contributed by atoms with Crippen LogP contribution in [0.25, 0.3) is 0 Å². The van der Waals surface area contributed by atoms with Crippen molar-refractivity contribution in [1.29, 1.82) is 0 Å². The van der Waals surface area contributed by atoms with Gasteiger partial charge in [0.05, 0.1) is 18.0 Å². The molecule has 0 spiro atoms. The Bertz CT molecular complexity index is 986. The third kappa shape index (κ3) is 4.57. The van der Waals surface area contributed by atoms with E-state index in [9.17, 15) is 9.59 Å². The van der Waals surface area contributed by atoms with E-state index in [2.05, 4.69) is 26.0 Å². The van der Waals surface area contributed by atoms with E-state index in [0.29, 0.717) is 22.5 Å². The molecule has 0 radical (unpaired) electrons. The molecule has 0 atom stereocenters. The monoisotopic (exact) mass is 399 g/mol. The van der Waals surface area contributed by atoms with E-state index in [1.807, 2.05) is 35.0 Å². The Hall–Kier alpha value is -3.04. The van der Waals surface area contributed by atoms with Crippen molar-refractivity contribution in [2.45, 2.75) is 13.8 Å². The molecule has 138 valence electrons. The van der Waals surface area contributed by atoms with E-state index in [1.54, 1.807) is 26.3 Å². The summed E-state index contributed by atoms with van der Waals surface area (Å²) < 4.78 is 0. The van der Waals surface area contributed by atoms with Gasteiger partial charge in [0, 0.05) is 15.4 Å². The van der Waals surface area contributed by atoms with E-state index < -0.39 is 5.91 Å². The lowest BCUT2D eigenvalue weighted by molar-refractivity contribution is 0.0948. The molecule has 0 aliphatic rings. The van der Waals surface area contributed by atoms with Crippen molar-refractivity contribution in [1.82, 2.24) is 15.8 Å². The van der Waals surface area contributed by atoms with Crippen molar-refractivity contribution >= 4 is 46.9 Å². The van der Waals surface area contributed by atoms with E-state index in [1.165, 1.54) is 22.7 Å². The van der Waals surface area contributed by atoms with Crippen LogP contribution in [-0.2, 0) is 0 Å². The van der Waals surface area contributed by atoms with Crippen LogP contribution >= 0.6 is 22.7 Å². The molecule has 0 bridgehead atoms. The number of H-pyrrole nitrogens is 1. The second-order valence-electron chi connectivity index (χ2n) is 5.55. The van der Waals surface area contributed by atoms with E-state index in [0.717, 1.165) is 9.75 Å². The minimum atomic E-state index is -0.412. The van der Waals surface area contributed by atoms with Gasteiger partial charge in [0.15, 0.2) is 0 Å². The van der Waals surface area contributed by atoms with E-state index in [4.69, 9.17) is 0 Å². The molecule has 9 heteroatoms. The first kappa shape index (κ1) is 18.7. The van der Waals surface area contributed by atoms with E-state index in [-0.39, 0.29) is 5.91 Å². The lowest BCUT2D eigenvalue weighted by Crippen LogP contribution is -2.21. The normalized spacial score (nSPS) is 11.3. The summed E-state index contributed by atoms with van der Waals surface area (Å²) in [5.41, 5.74) is 6.77. The van der Waals surface area contributed by atoms with Crippen LogP contribution in [0.5, 0.6) is 0 Å². The van der Waals surface area contributed by atoms with Crippen LogP contribution in [0, 0.1) is 13.8 Å². The summed E-state index contributed by atoms with van der Waals surface area (Å²) in [7, 11) is 0. The first-order valence-electron chi connectivity index (χ1n) is 7.99. The second kappa shape index (κ2) is 8.56. The van der Waals surface area contributed by atoms with Gasteiger partial charge in [-0.05, 0) is 42.3 Å². The summed E-state index contributed by atoms with van der Waals surface area (Å²) >= 11 is 3.04. The molecule has 7 nitrogen and oxygen atoms in total. The molecule has 3 heterocycles. The molecule has 0 aromatic carbocycles. The third-order valence-electron chi connectivity index (χ3n) is 3.69. The molecular formula is C18H17N5O2S2. The molecule has 0 saturated carbocycles.